The van der Waals surface area contributed by atoms with E-state index >= 15 is 0 Å². The summed E-state index contributed by atoms with van der Waals surface area (Å²) in [5.41, 5.74) is 4.68. The summed E-state index contributed by atoms with van der Waals surface area (Å²) < 4.78 is 1.61. The van der Waals surface area contributed by atoms with Crippen LogP contribution in [0.1, 0.15) is 44.8 Å². The van der Waals surface area contributed by atoms with Gasteiger partial charge in [-0.2, -0.15) is 0 Å². The molecule has 2 aromatic heterocycles. The fourth-order valence-corrected chi connectivity index (χ4v) is 6.36. The largest absolute Gasteiger partial charge is 0.293 e. The van der Waals surface area contributed by atoms with Crippen molar-refractivity contribution in [3.63, 3.8) is 0 Å². The number of hydrogen-bond acceptors (Lipinski definition) is 5. The first-order valence-electron chi connectivity index (χ1n) is 9.41. The van der Waals surface area contributed by atoms with E-state index in [0.717, 1.165) is 47.9 Å². The second-order valence-corrected chi connectivity index (χ2v) is 9.37. The van der Waals surface area contributed by atoms with E-state index in [-0.39, 0.29) is 11.3 Å². The fourth-order valence-electron chi connectivity index (χ4n) is 4.19. The quantitative estimate of drug-likeness (QED) is 0.381. The minimum Gasteiger partial charge on any atom is -0.293 e. The Labute approximate surface area is 165 Å². The Kier molecular flexibility index (Phi) is 4.20. The van der Waals surface area contributed by atoms with E-state index in [1.807, 2.05) is 12.1 Å². The van der Waals surface area contributed by atoms with Crippen molar-refractivity contribution in [1.29, 1.82) is 0 Å². The fraction of sp³-hybridized carbons (Fsp3) is 0.381. The van der Waals surface area contributed by atoms with E-state index in [4.69, 9.17) is 4.98 Å². The lowest BCUT2D eigenvalue weighted by Gasteiger charge is -2.08. The number of thioether (sulfide) groups is 1. The molecule has 0 N–H and O–H groups in total. The van der Waals surface area contributed by atoms with Crippen LogP contribution in [-0.4, -0.2) is 21.1 Å². The highest BCUT2D eigenvalue weighted by molar-refractivity contribution is 7.99. The molecule has 0 radical (unpaired) electrons. The predicted octanol–water partition coefficient (Wildman–Crippen LogP) is 3.95. The molecule has 3 aromatic rings. The average molecular weight is 397 g/mol. The summed E-state index contributed by atoms with van der Waals surface area (Å²) in [4.78, 5) is 32.4. The number of aryl methyl sites for hydroxylation is 4. The molecule has 0 amide bonds. The number of aromatic nitrogens is 2. The Morgan fingerprint density at radius 3 is 2.89 bits per heavy atom. The van der Waals surface area contributed by atoms with Crippen molar-refractivity contribution in [2.24, 2.45) is 7.05 Å². The van der Waals surface area contributed by atoms with Crippen LogP contribution in [0.15, 0.2) is 28.2 Å². The number of Topliss-reactive ketones (excluding diaryl/α,β-unsaturated/α-hetero) is 1. The van der Waals surface area contributed by atoms with Crippen LogP contribution < -0.4 is 5.56 Å². The maximum Gasteiger partial charge on any atom is 0.262 e. The Bertz CT molecular complexity index is 1140. The van der Waals surface area contributed by atoms with Crippen LogP contribution in [0.3, 0.4) is 0 Å². The molecule has 0 atom stereocenters. The zero-order valence-corrected chi connectivity index (χ0v) is 16.8. The van der Waals surface area contributed by atoms with Gasteiger partial charge in [0.25, 0.3) is 5.56 Å². The molecule has 0 saturated carbocycles. The lowest BCUT2D eigenvalue weighted by Crippen LogP contribution is -2.20. The van der Waals surface area contributed by atoms with E-state index < -0.39 is 0 Å². The summed E-state index contributed by atoms with van der Waals surface area (Å²) in [5, 5.41) is 1.42. The van der Waals surface area contributed by atoms with Crippen LogP contribution in [0.25, 0.3) is 10.2 Å². The minimum atomic E-state index is 0.0203. The molecule has 27 heavy (non-hydrogen) atoms. The van der Waals surface area contributed by atoms with Crippen LogP contribution in [0, 0.1) is 0 Å². The molecule has 0 spiro atoms. The number of nitrogens with zero attached hydrogens (tertiary/aromatic N) is 2. The first kappa shape index (κ1) is 17.2. The first-order valence-corrected chi connectivity index (χ1v) is 11.2. The molecular formula is C21H20N2O2S2. The van der Waals surface area contributed by atoms with Crippen molar-refractivity contribution in [2.45, 2.75) is 43.7 Å². The van der Waals surface area contributed by atoms with Crippen molar-refractivity contribution in [3.8, 4) is 0 Å². The maximum absolute atomic E-state index is 12.8. The third kappa shape index (κ3) is 2.86. The van der Waals surface area contributed by atoms with Gasteiger partial charge in [-0.25, -0.2) is 4.98 Å². The number of hydrogen-bond donors (Lipinski definition) is 0. The SMILES string of the molecule is Cn1c(SCC(=O)c2ccc3c(c2)CCC3)nc2sc3c(c2c1=O)CCC3. The van der Waals surface area contributed by atoms with Gasteiger partial charge in [-0.1, -0.05) is 23.9 Å². The van der Waals surface area contributed by atoms with Gasteiger partial charge in [-0.05, 0) is 61.3 Å². The third-order valence-electron chi connectivity index (χ3n) is 5.66. The number of carbonyl (C=O) groups excluding carboxylic acids is 1. The van der Waals surface area contributed by atoms with Crippen LogP contribution in [0.2, 0.25) is 0 Å². The molecule has 0 unspecified atom stereocenters. The zero-order valence-electron chi connectivity index (χ0n) is 15.2. The molecule has 6 heteroatoms. The molecular weight excluding hydrogens is 376 g/mol. The summed E-state index contributed by atoms with van der Waals surface area (Å²) in [6, 6.07) is 6.07. The van der Waals surface area contributed by atoms with Gasteiger partial charge in [0.15, 0.2) is 10.9 Å². The highest BCUT2D eigenvalue weighted by Crippen LogP contribution is 2.35. The van der Waals surface area contributed by atoms with Gasteiger partial charge in [-0.15, -0.1) is 11.3 Å². The summed E-state index contributed by atoms with van der Waals surface area (Å²) in [5.74, 6) is 0.396. The maximum atomic E-state index is 12.8. The van der Waals surface area contributed by atoms with Crippen molar-refractivity contribution >= 4 is 39.1 Å². The molecule has 4 nitrogen and oxygen atoms in total. The normalized spacial score (nSPS) is 15.3. The van der Waals surface area contributed by atoms with Gasteiger partial charge in [0.2, 0.25) is 0 Å². The zero-order chi connectivity index (χ0) is 18.5. The highest BCUT2D eigenvalue weighted by Gasteiger charge is 2.23. The van der Waals surface area contributed by atoms with Crippen LogP contribution >= 0.6 is 23.1 Å². The summed E-state index contributed by atoms with van der Waals surface area (Å²) in [6.45, 7) is 0. The van der Waals surface area contributed by atoms with Crippen molar-refractivity contribution < 1.29 is 4.79 Å². The van der Waals surface area contributed by atoms with Crippen LogP contribution in [-0.2, 0) is 32.7 Å². The second kappa shape index (κ2) is 6.60. The number of carbonyl (C=O) groups is 1. The average Bonchev–Trinajstić information content (AvgIpc) is 3.37. The van der Waals surface area contributed by atoms with Crippen molar-refractivity contribution in [2.75, 3.05) is 5.75 Å². The standard InChI is InChI=1S/C21H20N2O2S2/c1-23-20(25)18-15-6-3-7-17(15)27-19(18)22-21(23)26-11-16(24)14-9-8-12-4-2-5-13(12)10-14/h8-10H,2-7,11H2,1H3. The Morgan fingerprint density at radius 1 is 1.19 bits per heavy atom. The summed E-state index contributed by atoms with van der Waals surface area (Å²) >= 11 is 3.01. The van der Waals surface area contributed by atoms with E-state index in [2.05, 4.69) is 6.07 Å². The molecule has 0 saturated heterocycles. The number of ketones is 1. The van der Waals surface area contributed by atoms with Gasteiger partial charge >= 0.3 is 0 Å². The van der Waals surface area contributed by atoms with Crippen molar-refractivity contribution in [1.82, 2.24) is 9.55 Å². The lowest BCUT2D eigenvalue weighted by atomic mass is 10.0. The first-order chi connectivity index (χ1) is 13.1. The molecule has 138 valence electrons. The monoisotopic (exact) mass is 396 g/mol. The number of benzene rings is 1. The van der Waals surface area contributed by atoms with Crippen LogP contribution in [0.4, 0.5) is 0 Å². The second-order valence-electron chi connectivity index (χ2n) is 7.34. The molecule has 5 rings (SSSR count). The Balaban J connectivity index is 1.41. The summed E-state index contributed by atoms with van der Waals surface area (Å²) in [7, 11) is 1.76. The van der Waals surface area contributed by atoms with E-state index in [9.17, 15) is 9.59 Å². The molecule has 1 aromatic carbocycles. The van der Waals surface area contributed by atoms with E-state index in [1.165, 1.54) is 39.8 Å². The smallest absolute Gasteiger partial charge is 0.262 e. The Morgan fingerprint density at radius 2 is 2.00 bits per heavy atom. The summed E-state index contributed by atoms with van der Waals surface area (Å²) in [6.07, 6.45) is 6.54. The predicted molar refractivity (Wildman–Crippen MR) is 110 cm³/mol. The molecule has 0 fully saturated rings. The Hall–Kier alpha value is -1.92. The minimum absolute atomic E-state index is 0.0203. The van der Waals surface area contributed by atoms with Gasteiger partial charge < -0.3 is 0 Å². The van der Waals surface area contributed by atoms with Gasteiger partial charge in [-0.3, -0.25) is 14.2 Å². The van der Waals surface area contributed by atoms with Gasteiger partial charge in [0, 0.05) is 17.5 Å². The van der Waals surface area contributed by atoms with Gasteiger partial charge in [0.1, 0.15) is 4.83 Å². The number of thiophene rings is 1. The van der Waals surface area contributed by atoms with E-state index in [0.29, 0.717) is 10.9 Å². The molecule has 2 aliphatic carbocycles. The number of fused-ring (bicyclic) bond motifs is 4. The third-order valence-corrected chi connectivity index (χ3v) is 7.87. The highest BCUT2D eigenvalue weighted by atomic mass is 32.2. The van der Waals surface area contributed by atoms with Crippen LogP contribution in [0.5, 0.6) is 0 Å². The van der Waals surface area contributed by atoms with Crippen molar-refractivity contribution in [3.05, 3.63) is 55.7 Å². The molecule has 2 aliphatic rings. The number of rotatable bonds is 4. The van der Waals surface area contributed by atoms with E-state index in [1.54, 1.807) is 23.0 Å². The molecule has 0 aliphatic heterocycles. The van der Waals surface area contributed by atoms with Gasteiger partial charge in [0.05, 0.1) is 11.1 Å². The molecule has 2 heterocycles. The lowest BCUT2D eigenvalue weighted by molar-refractivity contribution is 0.102. The molecule has 0 bridgehead atoms. The topological polar surface area (TPSA) is 52.0 Å².